The Bertz CT molecular complexity index is 631. The average molecular weight is 299 g/mol. The van der Waals surface area contributed by atoms with Crippen molar-refractivity contribution < 1.29 is 9.53 Å². The van der Waals surface area contributed by atoms with E-state index in [4.69, 9.17) is 4.74 Å². The molecule has 5 nitrogen and oxygen atoms in total. The van der Waals surface area contributed by atoms with Crippen molar-refractivity contribution in [2.24, 2.45) is 0 Å². The summed E-state index contributed by atoms with van der Waals surface area (Å²) >= 11 is 0. The van der Waals surface area contributed by atoms with Gasteiger partial charge in [0.15, 0.2) is 0 Å². The highest BCUT2D eigenvalue weighted by atomic mass is 16.5. The Labute approximate surface area is 130 Å². The topological polar surface area (TPSA) is 67.0 Å². The number of hydrogen-bond donors (Lipinski definition) is 2. The van der Waals surface area contributed by atoms with Crippen LogP contribution in [0.5, 0.6) is 0 Å². The van der Waals surface area contributed by atoms with Crippen LogP contribution < -0.4 is 5.32 Å². The molecule has 1 aromatic carbocycles. The lowest BCUT2D eigenvalue weighted by atomic mass is 9.96. The Kier molecular flexibility index (Phi) is 4.24. The number of aromatic amines is 1. The molecule has 1 unspecified atom stereocenters. The number of nitrogens with one attached hydrogen (secondary N) is 2. The lowest BCUT2D eigenvalue weighted by Gasteiger charge is -2.26. The smallest absolute Gasteiger partial charge is 0.221 e. The summed E-state index contributed by atoms with van der Waals surface area (Å²) in [6, 6.07) is 8.17. The average Bonchev–Trinajstić information content (AvgIpc) is 3.18. The summed E-state index contributed by atoms with van der Waals surface area (Å²) < 4.78 is 5.49. The van der Waals surface area contributed by atoms with E-state index in [1.165, 1.54) is 11.1 Å². The summed E-state index contributed by atoms with van der Waals surface area (Å²) in [4.78, 5) is 19.8. The molecule has 0 aliphatic carbocycles. The van der Waals surface area contributed by atoms with Gasteiger partial charge in [-0.25, -0.2) is 4.98 Å². The van der Waals surface area contributed by atoms with E-state index in [0.717, 1.165) is 18.7 Å². The summed E-state index contributed by atoms with van der Waals surface area (Å²) in [5.74, 6) is 0.805. The van der Waals surface area contributed by atoms with Crippen LogP contribution >= 0.6 is 0 Å². The molecule has 2 heterocycles. The van der Waals surface area contributed by atoms with Crippen molar-refractivity contribution in [1.29, 1.82) is 0 Å². The van der Waals surface area contributed by atoms with Gasteiger partial charge in [0.2, 0.25) is 5.91 Å². The number of amides is 1. The molecule has 2 aromatic rings. The standard InChI is InChI=1S/C17H21N3O2/c1-13-4-2-3-5-14(13)6-7-15(21)20-17(8-11-22-12-17)16-18-9-10-19-16/h2-5,9-10H,6-8,11-12H2,1H3,(H,18,19)(H,20,21). The van der Waals surface area contributed by atoms with E-state index < -0.39 is 5.54 Å². The zero-order valence-corrected chi connectivity index (χ0v) is 12.8. The van der Waals surface area contributed by atoms with Gasteiger partial charge >= 0.3 is 0 Å². The van der Waals surface area contributed by atoms with Crippen LogP contribution in [-0.2, 0) is 21.5 Å². The van der Waals surface area contributed by atoms with Crippen LogP contribution in [0.2, 0.25) is 0 Å². The summed E-state index contributed by atoms with van der Waals surface area (Å²) in [5, 5.41) is 3.13. The Morgan fingerprint density at radius 3 is 3.00 bits per heavy atom. The Morgan fingerprint density at radius 1 is 1.45 bits per heavy atom. The number of rotatable bonds is 5. The highest BCUT2D eigenvalue weighted by Crippen LogP contribution is 2.28. The Hall–Kier alpha value is -2.14. The first-order chi connectivity index (χ1) is 10.7. The maximum Gasteiger partial charge on any atom is 0.221 e. The third-order valence-electron chi connectivity index (χ3n) is 4.23. The monoisotopic (exact) mass is 299 g/mol. The highest BCUT2D eigenvalue weighted by Gasteiger charge is 2.40. The van der Waals surface area contributed by atoms with Gasteiger partial charge in [-0.3, -0.25) is 4.79 Å². The number of hydrogen-bond acceptors (Lipinski definition) is 3. The number of ether oxygens (including phenoxy) is 1. The van der Waals surface area contributed by atoms with Gasteiger partial charge < -0.3 is 15.0 Å². The molecule has 0 radical (unpaired) electrons. The Morgan fingerprint density at radius 2 is 2.32 bits per heavy atom. The maximum atomic E-state index is 12.4. The molecule has 1 saturated heterocycles. The predicted molar refractivity (Wildman–Crippen MR) is 83.3 cm³/mol. The number of H-pyrrole nitrogens is 1. The van der Waals surface area contributed by atoms with Crippen LogP contribution in [0.3, 0.4) is 0 Å². The number of aryl methyl sites for hydroxylation is 2. The molecule has 1 aliphatic rings. The van der Waals surface area contributed by atoms with E-state index in [1.807, 2.05) is 12.1 Å². The molecule has 1 fully saturated rings. The van der Waals surface area contributed by atoms with Crippen molar-refractivity contribution in [2.75, 3.05) is 13.2 Å². The number of aromatic nitrogens is 2. The van der Waals surface area contributed by atoms with Crippen molar-refractivity contribution in [3.05, 3.63) is 53.6 Å². The van der Waals surface area contributed by atoms with Crippen molar-refractivity contribution in [3.63, 3.8) is 0 Å². The summed E-state index contributed by atoms with van der Waals surface area (Å²) in [6.45, 7) is 3.18. The number of benzene rings is 1. The lowest BCUT2D eigenvalue weighted by Crippen LogP contribution is -2.47. The van der Waals surface area contributed by atoms with Crippen LogP contribution in [-0.4, -0.2) is 29.1 Å². The van der Waals surface area contributed by atoms with Crippen molar-refractivity contribution >= 4 is 5.91 Å². The summed E-state index contributed by atoms with van der Waals surface area (Å²) in [7, 11) is 0. The summed E-state index contributed by atoms with van der Waals surface area (Å²) in [5.41, 5.74) is 1.93. The zero-order chi connectivity index (χ0) is 15.4. The molecular weight excluding hydrogens is 278 g/mol. The van der Waals surface area contributed by atoms with E-state index in [9.17, 15) is 4.79 Å². The van der Waals surface area contributed by atoms with Gasteiger partial charge in [-0.1, -0.05) is 24.3 Å². The third kappa shape index (κ3) is 3.04. The van der Waals surface area contributed by atoms with Gasteiger partial charge in [-0.15, -0.1) is 0 Å². The van der Waals surface area contributed by atoms with Gasteiger partial charge in [0.1, 0.15) is 11.4 Å². The van der Waals surface area contributed by atoms with Crippen molar-refractivity contribution in [1.82, 2.24) is 15.3 Å². The second-order valence-corrected chi connectivity index (χ2v) is 5.80. The normalized spacial score (nSPS) is 21.0. The highest BCUT2D eigenvalue weighted by molar-refractivity contribution is 5.77. The molecular formula is C17H21N3O2. The van der Waals surface area contributed by atoms with Crippen molar-refractivity contribution in [3.8, 4) is 0 Å². The molecule has 22 heavy (non-hydrogen) atoms. The molecule has 3 rings (SSSR count). The second-order valence-electron chi connectivity index (χ2n) is 5.80. The molecule has 2 N–H and O–H groups in total. The summed E-state index contributed by atoms with van der Waals surface area (Å²) in [6.07, 6.45) is 5.43. The molecule has 0 spiro atoms. The largest absolute Gasteiger partial charge is 0.378 e. The predicted octanol–water partition coefficient (Wildman–Crippen LogP) is 2.08. The van der Waals surface area contributed by atoms with Crippen LogP contribution in [0.1, 0.15) is 29.8 Å². The lowest BCUT2D eigenvalue weighted by molar-refractivity contribution is -0.123. The van der Waals surface area contributed by atoms with Crippen molar-refractivity contribution in [2.45, 2.75) is 31.7 Å². The van der Waals surface area contributed by atoms with E-state index in [-0.39, 0.29) is 5.91 Å². The van der Waals surface area contributed by atoms with Gasteiger partial charge in [0.25, 0.3) is 0 Å². The maximum absolute atomic E-state index is 12.4. The van der Waals surface area contributed by atoms with Crippen LogP contribution in [0.25, 0.3) is 0 Å². The minimum Gasteiger partial charge on any atom is -0.378 e. The van der Waals surface area contributed by atoms with Crippen LogP contribution in [0, 0.1) is 6.92 Å². The molecule has 1 aromatic heterocycles. The van der Waals surface area contributed by atoms with Crippen LogP contribution in [0.15, 0.2) is 36.7 Å². The molecule has 116 valence electrons. The van der Waals surface area contributed by atoms with Gasteiger partial charge in [-0.2, -0.15) is 0 Å². The molecule has 1 atom stereocenters. The fourth-order valence-electron chi connectivity index (χ4n) is 2.90. The van der Waals surface area contributed by atoms with Crippen LogP contribution in [0.4, 0.5) is 0 Å². The first-order valence-electron chi connectivity index (χ1n) is 7.63. The second kappa shape index (κ2) is 6.32. The van der Waals surface area contributed by atoms with E-state index >= 15 is 0 Å². The van der Waals surface area contributed by atoms with Gasteiger partial charge in [-0.05, 0) is 24.5 Å². The van der Waals surface area contributed by atoms with Gasteiger partial charge in [0, 0.05) is 31.8 Å². The molecule has 0 bridgehead atoms. The van der Waals surface area contributed by atoms with E-state index in [0.29, 0.717) is 19.6 Å². The van der Waals surface area contributed by atoms with E-state index in [1.54, 1.807) is 12.4 Å². The zero-order valence-electron chi connectivity index (χ0n) is 12.8. The van der Waals surface area contributed by atoms with E-state index in [2.05, 4.69) is 34.3 Å². The molecule has 1 aliphatic heterocycles. The first kappa shape index (κ1) is 14.8. The number of nitrogens with zero attached hydrogens (tertiary/aromatic N) is 1. The fourth-order valence-corrected chi connectivity index (χ4v) is 2.90. The fraction of sp³-hybridized carbons (Fsp3) is 0.412. The third-order valence-corrected chi connectivity index (χ3v) is 4.23. The molecule has 0 saturated carbocycles. The first-order valence-corrected chi connectivity index (χ1v) is 7.63. The minimum absolute atomic E-state index is 0.0325. The quantitative estimate of drug-likeness (QED) is 0.888. The van der Waals surface area contributed by atoms with Gasteiger partial charge in [0.05, 0.1) is 6.61 Å². The molecule has 1 amide bonds. The number of imidazole rings is 1. The SMILES string of the molecule is Cc1ccccc1CCC(=O)NC1(c2ncc[nH]2)CCOC1. The number of carbonyl (C=O) groups excluding carboxylic acids is 1. The molecule has 5 heteroatoms. The number of carbonyl (C=O) groups is 1. The Balaban J connectivity index is 1.64. The minimum atomic E-state index is -0.508.